The molecular formula is C17H20N8O2. The van der Waals surface area contributed by atoms with E-state index in [1.54, 1.807) is 18.1 Å². The molecule has 0 spiro atoms. The van der Waals surface area contributed by atoms with Crippen molar-refractivity contribution in [1.82, 2.24) is 20.2 Å². The topological polar surface area (TPSA) is 156 Å². The maximum absolute atomic E-state index is 11.8. The number of hydrogen-bond acceptors (Lipinski definition) is 7. The second-order valence-electron chi connectivity index (χ2n) is 6.03. The largest absolute Gasteiger partial charge is 0.368 e. The summed E-state index contributed by atoms with van der Waals surface area (Å²) in [6, 6.07) is 4.96. The van der Waals surface area contributed by atoms with Gasteiger partial charge in [-0.15, -0.1) is 0 Å². The number of aromatic amines is 1. The third-order valence-corrected chi connectivity index (χ3v) is 4.24. The molecule has 0 aliphatic carbocycles. The minimum absolute atomic E-state index is 0.129. The lowest BCUT2D eigenvalue weighted by Gasteiger charge is -2.25. The lowest BCUT2D eigenvalue weighted by atomic mass is 10.2. The molecule has 1 atom stereocenters. The van der Waals surface area contributed by atoms with E-state index >= 15 is 0 Å². The van der Waals surface area contributed by atoms with Crippen molar-refractivity contribution in [3.05, 3.63) is 36.2 Å². The third kappa shape index (κ3) is 3.64. The number of rotatable bonds is 7. The smallest absolute Gasteiger partial charge is 0.254 e. The quantitative estimate of drug-likeness (QED) is 0.482. The van der Waals surface area contributed by atoms with Crippen LogP contribution < -0.4 is 21.7 Å². The molecule has 0 radical (unpaired) electrons. The summed E-state index contributed by atoms with van der Waals surface area (Å²) >= 11 is 0. The van der Waals surface area contributed by atoms with Gasteiger partial charge in [-0.2, -0.15) is 10.1 Å². The van der Waals surface area contributed by atoms with Crippen molar-refractivity contribution in [1.29, 1.82) is 0 Å². The molecule has 0 bridgehead atoms. The maximum atomic E-state index is 11.8. The van der Waals surface area contributed by atoms with Crippen LogP contribution in [0, 0.1) is 0 Å². The minimum Gasteiger partial charge on any atom is -0.368 e. The molecule has 3 rings (SSSR count). The molecule has 0 saturated heterocycles. The summed E-state index contributed by atoms with van der Waals surface area (Å²) in [7, 11) is 1.67. The number of anilines is 3. The first kappa shape index (κ1) is 18.1. The van der Waals surface area contributed by atoms with Crippen LogP contribution in [0.4, 0.5) is 17.5 Å². The Morgan fingerprint density at radius 1 is 1.30 bits per heavy atom. The van der Waals surface area contributed by atoms with Crippen LogP contribution in [-0.2, 0) is 4.79 Å². The van der Waals surface area contributed by atoms with E-state index in [0.717, 1.165) is 10.9 Å². The summed E-state index contributed by atoms with van der Waals surface area (Å²) in [6.45, 7) is 1.84. The second kappa shape index (κ2) is 7.28. The highest BCUT2D eigenvalue weighted by Crippen LogP contribution is 2.24. The molecule has 2 heterocycles. The van der Waals surface area contributed by atoms with Crippen molar-refractivity contribution < 1.29 is 9.59 Å². The van der Waals surface area contributed by atoms with Gasteiger partial charge in [0.15, 0.2) is 0 Å². The van der Waals surface area contributed by atoms with Gasteiger partial charge in [-0.1, -0.05) is 6.92 Å². The highest BCUT2D eigenvalue weighted by Gasteiger charge is 2.22. The number of benzene rings is 1. The van der Waals surface area contributed by atoms with Crippen molar-refractivity contribution in [3.63, 3.8) is 0 Å². The van der Waals surface area contributed by atoms with Crippen LogP contribution >= 0.6 is 0 Å². The molecule has 6 N–H and O–H groups in total. The summed E-state index contributed by atoms with van der Waals surface area (Å²) in [5, 5.41) is 10.9. The molecule has 1 aromatic carbocycles. The minimum atomic E-state index is -0.670. The Bertz CT molecular complexity index is 1000. The van der Waals surface area contributed by atoms with Crippen LogP contribution in [0.25, 0.3) is 10.9 Å². The fraction of sp³-hybridized carbons (Fsp3) is 0.235. The van der Waals surface area contributed by atoms with Gasteiger partial charge in [-0.3, -0.25) is 14.7 Å². The fourth-order valence-corrected chi connectivity index (χ4v) is 2.77. The SMILES string of the molecule is CCC(C(N)=O)N(C)c1ncc(C(N)=O)c(Nc2ccc3cn[nH]c3c2)n1. The number of aromatic nitrogens is 4. The van der Waals surface area contributed by atoms with Gasteiger partial charge in [-0.05, 0) is 24.6 Å². The van der Waals surface area contributed by atoms with E-state index in [-0.39, 0.29) is 17.3 Å². The molecular weight excluding hydrogens is 348 g/mol. The van der Waals surface area contributed by atoms with Crippen molar-refractivity contribution >= 4 is 40.2 Å². The number of nitrogens with zero attached hydrogens (tertiary/aromatic N) is 4. The van der Waals surface area contributed by atoms with Gasteiger partial charge < -0.3 is 21.7 Å². The first-order chi connectivity index (χ1) is 12.9. The van der Waals surface area contributed by atoms with Gasteiger partial charge in [0.2, 0.25) is 11.9 Å². The van der Waals surface area contributed by atoms with E-state index in [0.29, 0.717) is 12.1 Å². The van der Waals surface area contributed by atoms with Crippen LogP contribution in [0.3, 0.4) is 0 Å². The Morgan fingerprint density at radius 3 is 2.74 bits per heavy atom. The van der Waals surface area contributed by atoms with E-state index < -0.39 is 17.9 Å². The van der Waals surface area contributed by atoms with E-state index in [9.17, 15) is 9.59 Å². The molecule has 27 heavy (non-hydrogen) atoms. The van der Waals surface area contributed by atoms with Crippen molar-refractivity contribution in [3.8, 4) is 0 Å². The van der Waals surface area contributed by atoms with Gasteiger partial charge in [0.1, 0.15) is 17.4 Å². The molecule has 10 nitrogen and oxygen atoms in total. The Labute approximate surface area is 155 Å². The molecule has 140 valence electrons. The molecule has 0 saturated carbocycles. The van der Waals surface area contributed by atoms with E-state index in [2.05, 4.69) is 25.5 Å². The van der Waals surface area contributed by atoms with Gasteiger partial charge in [0.05, 0.1) is 11.7 Å². The van der Waals surface area contributed by atoms with E-state index in [1.165, 1.54) is 6.20 Å². The molecule has 0 aliphatic heterocycles. The lowest BCUT2D eigenvalue weighted by molar-refractivity contribution is -0.119. The summed E-state index contributed by atoms with van der Waals surface area (Å²) in [5.41, 5.74) is 12.5. The number of amides is 2. The van der Waals surface area contributed by atoms with Crippen LogP contribution in [0.2, 0.25) is 0 Å². The third-order valence-electron chi connectivity index (χ3n) is 4.24. The van der Waals surface area contributed by atoms with Crippen molar-refractivity contribution in [2.75, 3.05) is 17.3 Å². The highest BCUT2D eigenvalue weighted by atomic mass is 16.1. The normalized spacial score (nSPS) is 11.9. The standard InChI is InChI=1S/C17H20N8O2/c1-3-13(15(19)27)25(2)17-20-8-11(14(18)26)16(23-17)22-10-5-4-9-7-21-24-12(9)6-10/h4-8,13H,3H2,1-2H3,(H2,18,26)(H2,19,27)(H,21,24)(H,20,22,23). The highest BCUT2D eigenvalue weighted by molar-refractivity contribution is 5.98. The number of likely N-dealkylation sites (N-methyl/N-ethyl adjacent to an activating group) is 1. The first-order valence-corrected chi connectivity index (χ1v) is 8.29. The summed E-state index contributed by atoms with van der Waals surface area (Å²) in [6.07, 6.45) is 3.53. The number of carbonyl (C=O) groups is 2. The van der Waals surface area contributed by atoms with Crippen LogP contribution in [0.15, 0.2) is 30.6 Å². The van der Waals surface area contributed by atoms with Gasteiger partial charge in [-0.25, -0.2) is 4.98 Å². The zero-order chi connectivity index (χ0) is 19.6. The zero-order valence-corrected chi connectivity index (χ0v) is 14.9. The second-order valence-corrected chi connectivity index (χ2v) is 6.03. The Kier molecular flexibility index (Phi) is 4.88. The van der Waals surface area contributed by atoms with Crippen molar-refractivity contribution in [2.24, 2.45) is 11.5 Å². The molecule has 10 heteroatoms. The van der Waals surface area contributed by atoms with Crippen LogP contribution in [0.5, 0.6) is 0 Å². The molecule has 3 aromatic rings. The zero-order valence-electron chi connectivity index (χ0n) is 14.9. The number of nitrogens with two attached hydrogens (primary N) is 2. The molecule has 0 aliphatic rings. The molecule has 0 fully saturated rings. The summed E-state index contributed by atoms with van der Waals surface area (Å²) < 4.78 is 0. The number of nitrogens with one attached hydrogen (secondary N) is 2. The first-order valence-electron chi connectivity index (χ1n) is 8.29. The van der Waals surface area contributed by atoms with Crippen molar-refractivity contribution in [2.45, 2.75) is 19.4 Å². The van der Waals surface area contributed by atoms with Gasteiger partial charge in [0.25, 0.3) is 5.91 Å². The summed E-state index contributed by atoms with van der Waals surface area (Å²) in [5.74, 6) is -0.675. The average molecular weight is 368 g/mol. The van der Waals surface area contributed by atoms with E-state index in [4.69, 9.17) is 11.5 Å². The maximum Gasteiger partial charge on any atom is 0.254 e. The Balaban J connectivity index is 1.98. The monoisotopic (exact) mass is 368 g/mol. The molecule has 2 aromatic heterocycles. The summed E-state index contributed by atoms with van der Waals surface area (Å²) in [4.78, 5) is 33.5. The van der Waals surface area contributed by atoms with E-state index in [1.807, 2.05) is 25.1 Å². The number of primary amides is 2. The van der Waals surface area contributed by atoms with Crippen LogP contribution in [-0.4, -0.2) is 45.1 Å². The molecule has 1 unspecified atom stereocenters. The number of fused-ring (bicyclic) bond motifs is 1. The number of hydrogen-bond donors (Lipinski definition) is 4. The molecule has 2 amide bonds. The van der Waals surface area contributed by atoms with Gasteiger partial charge >= 0.3 is 0 Å². The predicted molar refractivity (Wildman–Crippen MR) is 102 cm³/mol. The number of H-pyrrole nitrogens is 1. The average Bonchev–Trinajstić information content (AvgIpc) is 3.09. The number of carbonyl (C=O) groups excluding carboxylic acids is 2. The van der Waals surface area contributed by atoms with Gasteiger partial charge in [0, 0.05) is 24.3 Å². The Hall–Kier alpha value is -3.69. The predicted octanol–water partition coefficient (Wildman–Crippen LogP) is 0.896. The van der Waals surface area contributed by atoms with Crippen LogP contribution in [0.1, 0.15) is 23.7 Å². The Morgan fingerprint density at radius 2 is 2.07 bits per heavy atom. The lowest BCUT2D eigenvalue weighted by Crippen LogP contribution is -2.43. The fourth-order valence-electron chi connectivity index (χ4n) is 2.77.